The van der Waals surface area contributed by atoms with Gasteiger partial charge in [0.25, 0.3) is 0 Å². The molecule has 1 unspecified atom stereocenters. The standard InChI is InChI=1S/C17H16ClF3N2O4S/c1-11(23(28(2,25)26)14-5-3-4-12(18)10-14)16(24)22-13-6-8-15(9-7-13)27-17(19,20)21/h3-11H,1-2H3,(H,22,24). The van der Waals surface area contributed by atoms with Crippen LogP contribution in [0.4, 0.5) is 24.5 Å². The summed E-state index contributed by atoms with van der Waals surface area (Å²) < 4.78 is 65.6. The van der Waals surface area contributed by atoms with Crippen LogP contribution < -0.4 is 14.4 Å². The summed E-state index contributed by atoms with van der Waals surface area (Å²) in [5.74, 6) is -1.13. The molecule has 0 saturated heterocycles. The number of hydrogen-bond donors (Lipinski definition) is 1. The van der Waals surface area contributed by atoms with Crippen LogP contribution in [0.5, 0.6) is 5.75 Å². The van der Waals surface area contributed by atoms with Crippen molar-refractivity contribution in [1.82, 2.24) is 0 Å². The van der Waals surface area contributed by atoms with Crippen LogP contribution in [0.25, 0.3) is 0 Å². The van der Waals surface area contributed by atoms with Crippen LogP contribution in [0.3, 0.4) is 0 Å². The van der Waals surface area contributed by atoms with Crippen LogP contribution in [0.1, 0.15) is 6.92 Å². The average molecular weight is 437 g/mol. The summed E-state index contributed by atoms with van der Waals surface area (Å²) in [6.07, 6.45) is -3.88. The number of alkyl halides is 3. The molecule has 0 fully saturated rings. The lowest BCUT2D eigenvalue weighted by molar-refractivity contribution is -0.274. The third-order valence-electron chi connectivity index (χ3n) is 3.51. The lowest BCUT2D eigenvalue weighted by atomic mass is 10.2. The van der Waals surface area contributed by atoms with Crippen LogP contribution >= 0.6 is 11.6 Å². The number of nitrogens with zero attached hydrogens (tertiary/aromatic N) is 1. The van der Waals surface area contributed by atoms with E-state index in [0.717, 1.165) is 22.7 Å². The molecule has 1 atom stereocenters. The molecule has 0 aliphatic heterocycles. The number of amides is 1. The lowest BCUT2D eigenvalue weighted by Gasteiger charge is -2.28. The Bertz CT molecular complexity index is 950. The van der Waals surface area contributed by atoms with Gasteiger partial charge in [0.2, 0.25) is 15.9 Å². The van der Waals surface area contributed by atoms with Gasteiger partial charge in [-0.1, -0.05) is 17.7 Å². The first-order valence-electron chi connectivity index (χ1n) is 7.78. The number of halogens is 4. The predicted molar refractivity (Wildman–Crippen MR) is 100.0 cm³/mol. The van der Waals surface area contributed by atoms with Crippen molar-refractivity contribution in [2.24, 2.45) is 0 Å². The van der Waals surface area contributed by atoms with Gasteiger partial charge in [0.05, 0.1) is 11.9 Å². The summed E-state index contributed by atoms with van der Waals surface area (Å²) in [6, 6.07) is 9.29. The van der Waals surface area contributed by atoms with Gasteiger partial charge in [0.15, 0.2) is 0 Å². The van der Waals surface area contributed by atoms with Crippen molar-refractivity contribution in [2.45, 2.75) is 19.3 Å². The number of hydrogen-bond acceptors (Lipinski definition) is 4. The molecule has 0 heterocycles. The molecule has 0 radical (unpaired) electrons. The SMILES string of the molecule is CC(C(=O)Nc1ccc(OC(F)(F)F)cc1)N(c1cccc(Cl)c1)S(C)(=O)=O. The van der Waals surface area contributed by atoms with Crippen molar-refractivity contribution < 1.29 is 31.1 Å². The second kappa shape index (κ2) is 8.27. The van der Waals surface area contributed by atoms with E-state index in [0.29, 0.717) is 5.02 Å². The molecular formula is C17H16ClF3N2O4S. The molecule has 1 amide bonds. The summed E-state index contributed by atoms with van der Waals surface area (Å²) >= 11 is 5.90. The first-order chi connectivity index (χ1) is 12.9. The number of ether oxygens (including phenoxy) is 1. The number of sulfonamides is 1. The fourth-order valence-electron chi connectivity index (χ4n) is 2.41. The van der Waals surface area contributed by atoms with Gasteiger partial charge in [-0.05, 0) is 49.4 Å². The van der Waals surface area contributed by atoms with E-state index in [1.54, 1.807) is 12.1 Å². The van der Waals surface area contributed by atoms with Crippen molar-refractivity contribution in [1.29, 1.82) is 0 Å². The van der Waals surface area contributed by atoms with Crippen molar-refractivity contribution in [3.05, 3.63) is 53.6 Å². The second-order valence-electron chi connectivity index (χ2n) is 5.78. The monoisotopic (exact) mass is 436 g/mol. The minimum atomic E-state index is -4.83. The molecule has 2 rings (SSSR count). The van der Waals surface area contributed by atoms with Gasteiger partial charge < -0.3 is 10.1 Å². The first-order valence-corrected chi connectivity index (χ1v) is 10.0. The Kier molecular flexibility index (Phi) is 6.45. The number of nitrogens with one attached hydrogen (secondary N) is 1. The molecule has 6 nitrogen and oxygen atoms in total. The van der Waals surface area contributed by atoms with Crippen LogP contribution in [-0.4, -0.2) is 33.0 Å². The largest absolute Gasteiger partial charge is 0.573 e. The smallest absolute Gasteiger partial charge is 0.406 e. The fraction of sp³-hybridized carbons (Fsp3) is 0.235. The second-order valence-corrected chi connectivity index (χ2v) is 8.07. The normalized spacial score (nSPS) is 12.9. The highest BCUT2D eigenvalue weighted by molar-refractivity contribution is 7.92. The molecule has 0 aromatic heterocycles. The van der Waals surface area contributed by atoms with Gasteiger partial charge in [-0.2, -0.15) is 0 Å². The van der Waals surface area contributed by atoms with E-state index >= 15 is 0 Å². The first kappa shape index (κ1) is 21.8. The molecule has 0 bridgehead atoms. The number of carbonyl (C=O) groups is 1. The van der Waals surface area contributed by atoms with E-state index in [9.17, 15) is 26.4 Å². The Labute approximate surface area is 164 Å². The zero-order valence-corrected chi connectivity index (χ0v) is 16.3. The highest BCUT2D eigenvalue weighted by atomic mass is 35.5. The summed E-state index contributed by atoms with van der Waals surface area (Å²) in [6.45, 7) is 1.37. The maximum absolute atomic E-state index is 12.5. The highest BCUT2D eigenvalue weighted by Crippen LogP contribution is 2.26. The van der Waals surface area contributed by atoms with Crippen molar-refractivity contribution in [2.75, 3.05) is 15.9 Å². The lowest BCUT2D eigenvalue weighted by Crippen LogP contribution is -2.45. The predicted octanol–water partition coefficient (Wildman–Crippen LogP) is 4.03. The Morgan fingerprint density at radius 1 is 1.18 bits per heavy atom. The molecular weight excluding hydrogens is 421 g/mol. The molecule has 2 aromatic rings. The van der Waals surface area contributed by atoms with Gasteiger partial charge in [-0.15, -0.1) is 13.2 Å². The van der Waals surface area contributed by atoms with Crippen LogP contribution in [0.2, 0.25) is 5.02 Å². The van der Waals surface area contributed by atoms with E-state index in [2.05, 4.69) is 10.1 Å². The van der Waals surface area contributed by atoms with Crippen LogP contribution in [0, 0.1) is 0 Å². The Morgan fingerprint density at radius 2 is 1.79 bits per heavy atom. The van der Waals surface area contributed by atoms with Crippen molar-refractivity contribution in [3.63, 3.8) is 0 Å². The van der Waals surface area contributed by atoms with Crippen molar-refractivity contribution >= 4 is 38.9 Å². The number of carbonyl (C=O) groups excluding carboxylic acids is 1. The zero-order chi connectivity index (χ0) is 21.1. The molecule has 0 aliphatic rings. The van der Waals surface area contributed by atoms with E-state index in [1.807, 2.05) is 0 Å². The third-order valence-corrected chi connectivity index (χ3v) is 4.98. The van der Waals surface area contributed by atoms with E-state index in [4.69, 9.17) is 11.6 Å². The third kappa shape index (κ3) is 6.03. The molecule has 152 valence electrons. The van der Waals surface area contributed by atoms with Gasteiger partial charge >= 0.3 is 6.36 Å². The highest BCUT2D eigenvalue weighted by Gasteiger charge is 2.31. The topological polar surface area (TPSA) is 75.7 Å². The molecule has 0 spiro atoms. The molecule has 0 saturated carbocycles. The van der Waals surface area contributed by atoms with E-state index in [1.165, 1.54) is 31.2 Å². The number of rotatable bonds is 6. The van der Waals surface area contributed by atoms with Crippen LogP contribution in [0.15, 0.2) is 48.5 Å². The number of anilines is 2. The maximum Gasteiger partial charge on any atom is 0.573 e. The van der Waals surface area contributed by atoms with Gasteiger partial charge in [0, 0.05) is 10.7 Å². The average Bonchev–Trinajstić information content (AvgIpc) is 2.54. The van der Waals surface area contributed by atoms with Crippen LogP contribution in [-0.2, 0) is 14.8 Å². The molecule has 2 aromatic carbocycles. The van der Waals surface area contributed by atoms with Gasteiger partial charge in [-0.25, -0.2) is 8.42 Å². The molecule has 11 heteroatoms. The van der Waals surface area contributed by atoms with Gasteiger partial charge in [-0.3, -0.25) is 9.10 Å². The molecule has 28 heavy (non-hydrogen) atoms. The van der Waals surface area contributed by atoms with E-state index in [-0.39, 0.29) is 11.4 Å². The maximum atomic E-state index is 12.5. The fourth-order valence-corrected chi connectivity index (χ4v) is 3.76. The molecule has 0 aliphatic carbocycles. The summed E-state index contributed by atoms with van der Waals surface area (Å²) in [5, 5.41) is 2.74. The Balaban J connectivity index is 2.19. The quantitative estimate of drug-likeness (QED) is 0.741. The molecule has 1 N–H and O–H groups in total. The van der Waals surface area contributed by atoms with E-state index < -0.39 is 34.1 Å². The van der Waals surface area contributed by atoms with Gasteiger partial charge in [0.1, 0.15) is 11.8 Å². The Hall–Kier alpha value is -2.46. The summed E-state index contributed by atoms with van der Waals surface area (Å²) in [4.78, 5) is 12.5. The minimum Gasteiger partial charge on any atom is -0.406 e. The number of benzene rings is 2. The summed E-state index contributed by atoms with van der Waals surface area (Å²) in [5.41, 5.74) is 0.373. The Morgan fingerprint density at radius 3 is 2.29 bits per heavy atom. The zero-order valence-electron chi connectivity index (χ0n) is 14.7. The minimum absolute atomic E-state index is 0.172. The van der Waals surface area contributed by atoms with Crippen molar-refractivity contribution in [3.8, 4) is 5.75 Å². The summed E-state index contributed by atoms with van der Waals surface area (Å²) in [7, 11) is -3.83.